The number of hydrogen-bond acceptors (Lipinski definition) is 4. The van der Waals surface area contributed by atoms with Gasteiger partial charge in [0.2, 0.25) is 5.91 Å². The number of para-hydroxylation sites is 1. The van der Waals surface area contributed by atoms with Crippen molar-refractivity contribution in [2.24, 2.45) is 0 Å². The number of fused-ring (bicyclic) bond motifs is 1. The second-order valence-corrected chi connectivity index (χ2v) is 8.16. The molecule has 2 N–H and O–H groups in total. The fraction of sp³-hybridized carbons (Fsp3) is 0.211. The Hall–Kier alpha value is -1.73. The SMILES string of the molecule is CCCCC(=O)NC(=S)Nc1cc(-c2nc3ccccc3s2)c(Cl)cc1Cl. The molecule has 1 heterocycles. The first kappa shape index (κ1) is 20.0. The van der Waals surface area contributed by atoms with Crippen LogP contribution in [0.25, 0.3) is 20.8 Å². The van der Waals surface area contributed by atoms with Gasteiger partial charge in [0, 0.05) is 12.0 Å². The van der Waals surface area contributed by atoms with Gasteiger partial charge in [0.15, 0.2) is 5.11 Å². The molecule has 140 valence electrons. The number of rotatable bonds is 5. The molecule has 1 aromatic heterocycles. The zero-order valence-electron chi connectivity index (χ0n) is 14.5. The van der Waals surface area contributed by atoms with Crippen molar-refractivity contribution in [2.45, 2.75) is 26.2 Å². The van der Waals surface area contributed by atoms with Crippen LogP contribution in [0.3, 0.4) is 0 Å². The number of thiazole rings is 1. The predicted molar refractivity (Wildman–Crippen MR) is 119 cm³/mol. The van der Waals surface area contributed by atoms with E-state index in [0.717, 1.165) is 33.6 Å². The number of carbonyl (C=O) groups excluding carboxylic acids is 1. The van der Waals surface area contributed by atoms with Crippen molar-refractivity contribution >= 4 is 73.7 Å². The fourth-order valence-electron chi connectivity index (χ4n) is 2.48. The predicted octanol–water partition coefficient (Wildman–Crippen LogP) is 6.27. The molecule has 0 fully saturated rings. The number of halogens is 2. The number of thiocarbonyl (C=S) groups is 1. The maximum Gasteiger partial charge on any atom is 0.226 e. The molecular weight excluding hydrogens is 421 g/mol. The third kappa shape index (κ3) is 4.96. The molecule has 8 heteroatoms. The summed E-state index contributed by atoms with van der Waals surface area (Å²) >= 11 is 19.5. The van der Waals surface area contributed by atoms with Crippen LogP contribution in [0.5, 0.6) is 0 Å². The summed E-state index contributed by atoms with van der Waals surface area (Å²) in [5.41, 5.74) is 2.23. The molecule has 3 rings (SSSR count). The van der Waals surface area contributed by atoms with Crippen molar-refractivity contribution in [1.29, 1.82) is 0 Å². The molecule has 27 heavy (non-hydrogen) atoms. The molecule has 0 saturated heterocycles. The average molecular weight is 438 g/mol. The van der Waals surface area contributed by atoms with E-state index in [1.165, 1.54) is 0 Å². The van der Waals surface area contributed by atoms with E-state index < -0.39 is 0 Å². The van der Waals surface area contributed by atoms with Crippen LogP contribution in [-0.4, -0.2) is 16.0 Å². The summed E-state index contributed by atoms with van der Waals surface area (Å²) in [6, 6.07) is 11.3. The molecular formula is C19H17Cl2N3OS2. The van der Waals surface area contributed by atoms with Gasteiger partial charge in [-0.1, -0.05) is 48.7 Å². The van der Waals surface area contributed by atoms with Gasteiger partial charge in [-0.2, -0.15) is 0 Å². The summed E-state index contributed by atoms with van der Waals surface area (Å²) in [4.78, 5) is 16.5. The van der Waals surface area contributed by atoms with Crippen LogP contribution in [0.4, 0.5) is 5.69 Å². The first-order valence-corrected chi connectivity index (χ1v) is 10.4. The molecule has 0 aliphatic heterocycles. The van der Waals surface area contributed by atoms with Gasteiger partial charge in [-0.25, -0.2) is 4.98 Å². The van der Waals surface area contributed by atoms with Crippen LogP contribution >= 0.6 is 46.8 Å². The molecule has 2 aromatic carbocycles. The summed E-state index contributed by atoms with van der Waals surface area (Å²) < 4.78 is 1.08. The minimum absolute atomic E-state index is 0.120. The summed E-state index contributed by atoms with van der Waals surface area (Å²) in [5.74, 6) is -0.120. The minimum atomic E-state index is -0.120. The molecule has 0 radical (unpaired) electrons. The first-order chi connectivity index (χ1) is 13.0. The normalized spacial score (nSPS) is 10.8. The highest BCUT2D eigenvalue weighted by Gasteiger charge is 2.14. The summed E-state index contributed by atoms with van der Waals surface area (Å²) in [6.45, 7) is 2.03. The van der Waals surface area contributed by atoms with Gasteiger partial charge in [-0.15, -0.1) is 11.3 Å². The van der Waals surface area contributed by atoms with Gasteiger partial charge in [0.05, 0.1) is 25.9 Å². The molecule has 0 aliphatic rings. The van der Waals surface area contributed by atoms with Gasteiger partial charge < -0.3 is 10.6 Å². The molecule has 0 atom stereocenters. The van der Waals surface area contributed by atoms with Crippen LogP contribution in [0, 0.1) is 0 Å². The minimum Gasteiger partial charge on any atom is -0.331 e. The van der Waals surface area contributed by atoms with Gasteiger partial charge in [-0.05, 0) is 42.9 Å². The third-order valence-electron chi connectivity index (χ3n) is 3.84. The van der Waals surface area contributed by atoms with E-state index >= 15 is 0 Å². The van der Waals surface area contributed by atoms with E-state index in [9.17, 15) is 4.79 Å². The van der Waals surface area contributed by atoms with Crippen molar-refractivity contribution in [3.05, 3.63) is 46.4 Å². The number of nitrogens with one attached hydrogen (secondary N) is 2. The molecule has 0 bridgehead atoms. The van der Waals surface area contributed by atoms with Crippen molar-refractivity contribution in [2.75, 3.05) is 5.32 Å². The molecule has 3 aromatic rings. The highest BCUT2D eigenvalue weighted by Crippen LogP contribution is 2.38. The van der Waals surface area contributed by atoms with Gasteiger partial charge in [0.1, 0.15) is 5.01 Å². The van der Waals surface area contributed by atoms with E-state index in [4.69, 9.17) is 35.4 Å². The van der Waals surface area contributed by atoms with Gasteiger partial charge in [-0.3, -0.25) is 4.79 Å². The Balaban J connectivity index is 1.83. The Morgan fingerprint density at radius 1 is 1.22 bits per heavy atom. The monoisotopic (exact) mass is 437 g/mol. The lowest BCUT2D eigenvalue weighted by Crippen LogP contribution is -2.34. The molecule has 0 saturated carbocycles. The largest absolute Gasteiger partial charge is 0.331 e. The second-order valence-electron chi connectivity index (χ2n) is 5.90. The van der Waals surface area contributed by atoms with Crippen LogP contribution in [0.15, 0.2) is 36.4 Å². The van der Waals surface area contributed by atoms with Crippen LogP contribution in [0.2, 0.25) is 10.0 Å². The summed E-state index contributed by atoms with van der Waals surface area (Å²) in [6.07, 6.45) is 2.20. The van der Waals surface area contributed by atoms with Crippen LogP contribution in [-0.2, 0) is 4.79 Å². The number of amides is 1. The van der Waals surface area contributed by atoms with Gasteiger partial charge in [0.25, 0.3) is 0 Å². The summed E-state index contributed by atoms with van der Waals surface area (Å²) in [5, 5.41) is 7.55. The highest BCUT2D eigenvalue weighted by atomic mass is 35.5. The van der Waals surface area contributed by atoms with Gasteiger partial charge >= 0.3 is 0 Å². The molecule has 0 aliphatic carbocycles. The maximum absolute atomic E-state index is 11.8. The second kappa shape index (κ2) is 8.97. The lowest BCUT2D eigenvalue weighted by atomic mass is 10.2. The Morgan fingerprint density at radius 3 is 2.74 bits per heavy atom. The standard InChI is InChI=1S/C19H17Cl2N3OS2/c1-2-3-8-17(25)24-19(26)23-15-9-11(12(20)10-13(15)21)18-22-14-6-4-5-7-16(14)27-18/h4-7,9-10H,2-3,8H2,1H3,(H2,23,24,25,26). The lowest BCUT2D eigenvalue weighted by molar-refractivity contribution is -0.119. The third-order valence-corrected chi connectivity index (χ3v) is 5.74. The number of unbranched alkanes of at least 4 members (excludes halogenated alkanes) is 1. The van der Waals surface area contributed by atoms with Crippen molar-refractivity contribution < 1.29 is 4.79 Å². The summed E-state index contributed by atoms with van der Waals surface area (Å²) in [7, 11) is 0. The van der Waals surface area contributed by atoms with Crippen molar-refractivity contribution in [1.82, 2.24) is 10.3 Å². The highest BCUT2D eigenvalue weighted by molar-refractivity contribution is 7.80. The zero-order valence-corrected chi connectivity index (χ0v) is 17.7. The molecule has 0 spiro atoms. The first-order valence-electron chi connectivity index (χ1n) is 8.43. The smallest absolute Gasteiger partial charge is 0.226 e. The number of hydrogen-bond donors (Lipinski definition) is 2. The molecule has 0 unspecified atom stereocenters. The molecule has 1 amide bonds. The lowest BCUT2D eigenvalue weighted by Gasteiger charge is -2.13. The van der Waals surface area contributed by atoms with E-state index in [2.05, 4.69) is 15.6 Å². The Labute approximate surface area is 176 Å². The van der Waals surface area contributed by atoms with Crippen molar-refractivity contribution in [3.63, 3.8) is 0 Å². The zero-order chi connectivity index (χ0) is 19.4. The Kier molecular flexibility index (Phi) is 6.65. The van der Waals surface area contributed by atoms with E-state index in [-0.39, 0.29) is 11.0 Å². The van der Waals surface area contributed by atoms with Crippen molar-refractivity contribution in [3.8, 4) is 10.6 Å². The quantitative estimate of drug-likeness (QED) is 0.461. The molecule has 4 nitrogen and oxygen atoms in total. The average Bonchev–Trinajstić information content (AvgIpc) is 3.06. The Bertz CT molecular complexity index is 971. The number of benzene rings is 2. The number of nitrogens with zero attached hydrogens (tertiary/aromatic N) is 1. The van der Waals surface area contributed by atoms with E-state index in [1.807, 2.05) is 31.2 Å². The van der Waals surface area contributed by atoms with Crippen LogP contribution in [0.1, 0.15) is 26.2 Å². The fourth-order valence-corrected chi connectivity index (χ4v) is 4.27. The number of aromatic nitrogens is 1. The number of carbonyl (C=O) groups is 1. The van der Waals surface area contributed by atoms with Crippen LogP contribution < -0.4 is 10.6 Å². The Morgan fingerprint density at radius 2 is 2.00 bits per heavy atom. The topological polar surface area (TPSA) is 54.0 Å². The van der Waals surface area contributed by atoms with E-state index in [0.29, 0.717) is 22.2 Å². The van der Waals surface area contributed by atoms with E-state index in [1.54, 1.807) is 23.5 Å². The maximum atomic E-state index is 11.8. The number of anilines is 1.